The van der Waals surface area contributed by atoms with Crippen molar-refractivity contribution in [2.24, 2.45) is 5.73 Å². The van der Waals surface area contributed by atoms with Gasteiger partial charge in [0.1, 0.15) is 6.04 Å². The zero-order chi connectivity index (χ0) is 13.7. The Kier molecular flexibility index (Phi) is 5.01. The van der Waals surface area contributed by atoms with Crippen LogP contribution < -0.4 is 11.1 Å². The topological polar surface area (TPSA) is 55.1 Å². The number of thioether (sulfide) groups is 1. The minimum absolute atomic E-state index is 0.353. The number of benzene rings is 1. The minimum atomic E-state index is -0.446. The molecule has 3 nitrogen and oxygen atoms in total. The van der Waals surface area contributed by atoms with Crippen molar-refractivity contribution in [3.8, 4) is 0 Å². The summed E-state index contributed by atoms with van der Waals surface area (Å²) in [6.45, 7) is 0.648. The number of primary amides is 1. The predicted molar refractivity (Wildman–Crippen MR) is 81.3 cm³/mol. The van der Waals surface area contributed by atoms with E-state index in [0.29, 0.717) is 6.54 Å². The van der Waals surface area contributed by atoms with E-state index in [9.17, 15) is 4.79 Å². The van der Waals surface area contributed by atoms with Crippen molar-refractivity contribution in [2.45, 2.75) is 17.5 Å². The average Bonchev–Trinajstić information content (AvgIpc) is 2.92. The van der Waals surface area contributed by atoms with E-state index < -0.39 is 6.04 Å². The zero-order valence-corrected chi connectivity index (χ0v) is 12.3. The molecule has 0 saturated carbocycles. The summed E-state index contributed by atoms with van der Waals surface area (Å²) in [6, 6.07) is 11.5. The molecule has 0 aliphatic carbocycles. The minimum Gasteiger partial charge on any atom is -0.368 e. The third kappa shape index (κ3) is 3.83. The van der Waals surface area contributed by atoms with Gasteiger partial charge in [0.15, 0.2) is 0 Å². The highest BCUT2D eigenvalue weighted by atomic mass is 32.2. The molecular weight excluding hydrogens is 276 g/mol. The summed E-state index contributed by atoms with van der Waals surface area (Å²) in [5.41, 5.74) is 6.38. The Morgan fingerprint density at radius 2 is 2.11 bits per heavy atom. The summed E-state index contributed by atoms with van der Waals surface area (Å²) in [4.78, 5) is 13.9. The monoisotopic (exact) mass is 292 g/mol. The standard InChI is InChI=1S/C14H16N2OS2/c1-18-11-6-4-10(5-7-11)13(14(15)17)16-9-12-3-2-8-19-12/h2-8,13,16H,9H2,1H3,(H2,15,17). The van der Waals surface area contributed by atoms with Gasteiger partial charge in [-0.25, -0.2) is 0 Å². The van der Waals surface area contributed by atoms with E-state index in [2.05, 4.69) is 5.32 Å². The van der Waals surface area contributed by atoms with Gasteiger partial charge in [-0.2, -0.15) is 0 Å². The SMILES string of the molecule is CSc1ccc(C(NCc2cccs2)C(N)=O)cc1. The van der Waals surface area contributed by atoms with Crippen molar-refractivity contribution < 1.29 is 4.79 Å². The molecule has 19 heavy (non-hydrogen) atoms. The molecule has 0 fully saturated rings. The normalized spacial score (nSPS) is 12.3. The molecule has 1 amide bonds. The molecule has 2 aromatic rings. The van der Waals surface area contributed by atoms with Crippen LogP contribution in [0.25, 0.3) is 0 Å². The van der Waals surface area contributed by atoms with Crippen molar-refractivity contribution in [3.63, 3.8) is 0 Å². The molecule has 0 bridgehead atoms. The van der Waals surface area contributed by atoms with Crippen molar-refractivity contribution in [1.29, 1.82) is 0 Å². The Balaban J connectivity index is 2.08. The van der Waals surface area contributed by atoms with E-state index in [4.69, 9.17) is 5.73 Å². The van der Waals surface area contributed by atoms with Crippen molar-refractivity contribution >= 4 is 29.0 Å². The molecular formula is C14H16N2OS2. The van der Waals surface area contributed by atoms with Crippen molar-refractivity contribution in [1.82, 2.24) is 5.32 Å². The van der Waals surface area contributed by atoms with E-state index in [1.165, 1.54) is 9.77 Å². The van der Waals surface area contributed by atoms with Crippen LogP contribution in [0.1, 0.15) is 16.5 Å². The van der Waals surface area contributed by atoms with Crippen molar-refractivity contribution in [3.05, 3.63) is 52.2 Å². The number of hydrogen-bond donors (Lipinski definition) is 2. The van der Waals surface area contributed by atoms with Crippen LogP contribution in [-0.2, 0) is 11.3 Å². The van der Waals surface area contributed by atoms with Crippen LogP contribution in [0.15, 0.2) is 46.7 Å². The van der Waals surface area contributed by atoms with Crippen LogP contribution in [0.5, 0.6) is 0 Å². The van der Waals surface area contributed by atoms with Crippen LogP contribution in [0.4, 0.5) is 0 Å². The molecule has 0 spiro atoms. The summed E-state index contributed by atoms with van der Waals surface area (Å²) >= 11 is 3.33. The smallest absolute Gasteiger partial charge is 0.239 e. The first-order valence-electron chi connectivity index (χ1n) is 5.89. The molecule has 1 unspecified atom stereocenters. The summed E-state index contributed by atoms with van der Waals surface area (Å²) in [5.74, 6) is -0.353. The average molecular weight is 292 g/mol. The molecule has 0 saturated heterocycles. The fourth-order valence-electron chi connectivity index (χ4n) is 1.79. The first-order chi connectivity index (χ1) is 9.20. The lowest BCUT2D eigenvalue weighted by molar-refractivity contribution is -0.120. The van der Waals surface area contributed by atoms with Crippen LogP contribution >= 0.6 is 23.1 Å². The summed E-state index contributed by atoms with van der Waals surface area (Å²) in [7, 11) is 0. The zero-order valence-electron chi connectivity index (χ0n) is 10.6. The Hall–Kier alpha value is -1.30. The number of nitrogens with two attached hydrogens (primary N) is 1. The molecule has 0 radical (unpaired) electrons. The second-order valence-corrected chi connectivity index (χ2v) is 5.98. The van der Waals surface area contributed by atoms with Gasteiger partial charge < -0.3 is 5.73 Å². The van der Waals surface area contributed by atoms with Crippen LogP contribution in [0.2, 0.25) is 0 Å². The highest BCUT2D eigenvalue weighted by Gasteiger charge is 2.17. The van der Waals surface area contributed by atoms with Crippen LogP contribution in [0.3, 0.4) is 0 Å². The highest BCUT2D eigenvalue weighted by Crippen LogP contribution is 2.20. The molecule has 3 N–H and O–H groups in total. The van der Waals surface area contributed by atoms with Crippen LogP contribution in [0, 0.1) is 0 Å². The van der Waals surface area contributed by atoms with E-state index in [0.717, 1.165) is 5.56 Å². The van der Waals surface area contributed by atoms with Crippen LogP contribution in [-0.4, -0.2) is 12.2 Å². The lowest BCUT2D eigenvalue weighted by Crippen LogP contribution is -2.33. The van der Waals surface area contributed by atoms with Gasteiger partial charge in [-0.3, -0.25) is 10.1 Å². The van der Waals surface area contributed by atoms with Gasteiger partial charge >= 0.3 is 0 Å². The largest absolute Gasteiger partial charge is 0.368 e. The molecule has 5 heteroatoms. The summed E-state index contributed by atoms with van der Waals surface area (Å²) in [6.07, 6.45) is 2.02. The van der Waals surface area contributed by atoms with Gasteiger partial charge in [0.25, 0.3) is 0 Å². The first kappa shape index (κ1) is 14.1. The Labute approximate surface area is 121 Å². The predicted octanol–water partition coefficient (Wildman–Crippen LogP) is 2.79. The number of thiophene rings is 1. The first-order valence-corrected chi connectivity index (χ1v) is 8.00. The molecule has 0 aliphatic rings. The number of carbonyl (C=O) groups is 1. The molecule has 1 aromatic heterocycles. The highest BCUT2D eigenvalue weighted by molar-refractivity contribution is 7.98. The van der Waals surface area contributed by atoms with Gasteiger partial charge in [0, 0.05) is 16.3 Å². The molecule has 1 atom stereocenters. The lowest BCUT2D eigenvalue weighted by atomic mass is 10.1. The van der Waals surface area contributed by atoms with Gasteiger partial charge in [-0.05, 0) is 35.4 Å². The second kappa shape index (κ2) is 6.75. The van der Waals surface area contributed by atoms with E-state index in [1.54, 1.807) is 23.1 Å². The Bertz CT molecular complexity index is 523. The number of carbonyl (C=O) groups excluding carboxylic acids is 1. The maximum absolute atomic E-state index is 11.6. The third-order valence-corrected chi connectivity index (χ3v) is 4.41. The Morgan fingerprint density at radius 1 is 1.37 bits per heavy atom. The number of hydrogen-bond acceptors (Lipinski definition) is 4. The molecule has 1 heterocycles. The molecule has 2 rings (SSSR count). The van der Waals surface area contributed by atoms with Gasteiger partial charge in [-0.1, -0.05) is 18.2 Å². The fraction of sp³-hybridized carbons (Fsp3) is 0.214. The molecule has 1 aromatic carbocycles. The summed E-state index contributed by atoms with van der Waals surface area (Å²) < 4.78 is 0. The quantitative estimate of drug-likeness (QED) is 0.805. The van der Waals surface area contributed by atoms with Gasteiger partial charge in [-0.15, -0.1) is 23.1 Å². The van der Waals surface area contributed by atoms with E-state index in [1.807, 2.05) is 48.0 Å². The maximum Gasteiger partial charge on any atom is 0.239 e. The molecule has 0 aliphatic heterocycles. The fourth-order valence-corrected chi connectivity index (χ4v) is 2.86. The molecule has 100 valence electrons. The third-order valence-electron chi connectivity index (χ3n) is 2.79. The number of nitrogens with one attached hydrogen (secondary N) is 1. The lowest BCUT2D eigenvalue weighted by Gasteiger charge is -2.15. The van der Waals surface area contributed by atoms with Gasteiger partial charge in [0.2, 0.25) is 5.91 Å². The van der Waals surface area contributed by atoms with Gasteiger partial charge in [0.05, 0.1) is 0 Å². The van der Waals surface area contributed by atoms with E-state index in [-0.39, 0.29) is 5.91 Å². The summed E-state index contributed by atoms with van der Waals surface area (Å²) in [5, 5.41) is 5.22. The second-order valence-electron chi connectivity index (χ2n) is 4.07. The van der Waals surface area contributed by atoms with Crippen molar-refractivity contribution in [2.75, 3.05) is 6.26 Å². The maximum atomic E-state index is 11.6. The number of rotatable bonds is 6. The van der Waals surface area contributed by atoms with E-state index >= 15 is 0 Å². The Morgan fingerprint density at radius 3 is 2.63 bits per heavy atom. The number of amides is 1.